The molecule has 4 atom stereocenters. The van der Waals surface area contributed by atoms with Crippen molar-refractivity contribution < 1.29 is 52.6 Å². The predicted octanol–water partition coefficient (Wildman–Crippen LogP) is -0.834. The number of ether oxygens (including phenoxy) is 2. The molecule has 0 heterocycles. The van der Waals surface area contributed by atoms with Crippen LogP contribution < -0.4 is 42.5 Å². The molecule has 8 N–H and O–H groups in total. The summed E-state index contributed by atoms with van der Waals surface area (Å²) in [5, 5.41) is 19.8. The molecule has 0 spiro atoms. The van der Waals surface area contributed by atoms with E-state index >= 15 is 0 Å². The number of carbonyl (C=O) groups is 9. The molecule has 0 aromatic rings. The normalized spacial score (nSPS) is 14.4. The lowest BCUT2D eigenvalue weighted by Crippen LogP contribution is -2.64. The summed E-state index contributed by atoms with van der Waals surface area (Å²) in [4.78, 5) is 114. The van der Waals surface area contributed by atoms with Crippen LogP contribution in [0.3, 0.4) is 0 Å². The van der Waals surface area contributed by atoms with E-state index in [-0.39, 0.29) is 0 Å². The van der Waals surface area contributed by atoms with Crippen LogP contribution >= 0.6 is 0 Å². The summed E-state index contributed by atoms with van der Waals surface area (Å²) in [6.45, 7) is 21.6. The Labute approximate surface area is 311 Å². The van der Waals surface area contributed by atoms with Gasteiger partial charge < -0.3 is 52.0 Å². The average molecular weight is 757 g/mol. The van der Waals surface area contributed by atoms with Gasteiger partial charge in [0, 0.05) is 0 Å². The second kappa shape index (κ2) is 18.2. The molecule has 0 rings (SSSR count). The van der Waals surface area contributed by atoms with E-state index in [4.69, 9.17) is 4.74 Å². The number of rotatable bonds is 16. The number of carbonyl (C=O) groups excluding carboxylic acids is 9. The minimum atomic E-state index is -1.59. The molecule has 302 valence electrons. The first-order chi connectivity index (χ1) is 23.7. The Morgan fingerprint density at radius 1 is 0.415 bits per heavy atom. The third-order valence-electron chi connectivity index (χ3n) is 7.49. The number of hydrogen-bond donors (Lipinski definition) is 8. The molecule has 8 amide bonds. The number of nitrogens with one attached hydrogen (secondary N) is 8. The standard InChI is InChI=1S/C34H60N8O11/c1-17(21(43)40-32(10,11)26(48)37-19(3)23(45)42-34(14,15)28(50)52-16)35-25(47)31(8,9)39-22(44)18(2)36-27(49)33(12,13)41-24(46)20(4)38-29(51)53-30(5,6)7/h17-20H,1-16H3,(H,35,47)(H,36,49)(H,37,48)(H,38,51)(H,39,44)(H,40,43)(H,41,46)(H,42,45)/t17-,18-,19-,20-/m0/s1. The lowest BCUT2D eigenvalue weighted by atomic mass is 10.0. The summed E-state index contributed by atoms with van der Waals surface area (Å²) in [5.41, 5.74) is -6.82. The minimum Gasteiger partial charge on any atom is -0.467 e. The molecule has 53 heavy (non-hydrogen) atoms. The number of amides is 8. The molecular weight excluding hydrogens is 696 g/mol. The van der Waals surface area contributed by atoms with Gasteiger partial charge in [-0.1, -0.05) is 0 Å². The Kier molecular flexibility index (Phi) is 16.5. The first-order valence-electron chi connectivity index (χ1n) is 17.0. The second-order valence-corrected chi connectivity index (χ2v) is 15.9. The van der Waals surface area contributed by atoms with Gasteiger partial charge in [0.1, 0.15) is 51.9 Å². The molecular formula is C34H60N8O11. The zero-order valence-corrected chi connectivity index (χ0v) is 33.8. The molecule has 0 radical (unpaired) electrons. The van der Waals surface area contributed by atoms with Crippen molar-refractivity contribution in [1.82, 2.24) is 42.5 Å². The Bertz CT molecular complexity index is 1430. The molecule has 0 aliphatic carbocycles. The summed E-state index contributed by atoms with van der Waals surface area (Å²) in [7, 11) is 1.17. The SMILES string of the molecule is COC(=O)C(C)(C)NC(=O)[C@H](C)NC(=O)C(C)(C)NC(=O)[C@H](C)NC(=O)C(C)(C)NC(=O)[C@H](C)NC(=O)C(C)(C)NC(=O)[C@H](C)NC(=O)OC(C)(C)C. The first kappa shape index (κ1) is 48.0. The van der Waals surface area contributed by atoms with E-state index in [0.29, 0.717) is 0 Å². The van der Waals surface area contributed by atoms with E-state index in [1.807, 2.05) is 0 Å². The topological polar surface area (TPSA) is 268 Å². The number of esters is 1. The highest BCUT2D eigenvalue weighted by molar-refractivity contribution is 5.99. The van der Waals surface area contributed by atoms with Crippen LogP contribution in [-0.4, -0.2) is 112 Å². The number of methoxy groups -OCH3 is 1. The third-order valence-corrected chi connectivity index (χ3v) is 7.49. The maximum Gasteiger partial charge on any atom is 0.408 e. The van der Waals surface area contributed by atoms with Crippen molar-refractivity contribution in [3.8, 4) is 0 Å². The van der Waals surface area contributed by atoms with Gasteiger partial charge in [-0.3, -0.25) is 33.6 Å². The quantitative estimate of drug-likeness (QED) is 0.0901. The van der Waals surface area contributed by atoms with Gasteiger partial charge in [0.25, 0.3) is 0 Å². The molecule has 0 aromatic carbocycles. The number of hydrogen-bond acceptors (Lipinski definition) is 11. The second-order valence-electron chi connectivity index (χ2n) is 15.9. The monoisotopic (exact) mass is 756 g/mol. The van der Waals surface area contributed by atoms with Crippen molar-refractivity contribution >= 4 is 53.4 Å². The fourth-order valence-corrected chi connectivity index (χ4v) is 4.02. The maximum atomic E-state index is 13.1. The minimum absolute atomic E-state index is 0.676. The van der Waals surface area contributed by atoms with Gasteiger partial charge in [-0.15, -0.1) is 0 Å². The van der Waals surface area contributed by atoms with Gasteiger partial charge in [0.15, 0.2) is 0 Å². The summed E-state index contributed by atoms with van der Waals surface area (Å²) in [6.07, 6.45) is -0.821. The van der Waals surface area contributed by atoms with Crippen molar-refractivity contribution in [1.29, 1.82) is 0 Å². The van der Waals surface area contributed by atoms with Crippen LogP contribution in [0, 0.1) is 0 Å². The van der Waals surface area contributed by atoms with Crippen molar-refractivity contribution in [3.63, 3.8) is 0 Å². The van der Waals surface area contributed by atoms with Crippen LogP contribution in [0.25, 0.3) is 0 Å². The number of alkyl carbamates (subject to hydrolysis) is 1. The summed E-state index contributed by atoms with van der Waals surface area (Å²) >= 11 is 0. The van der Waals surface area contributed by atoms with Gasteiger partial charge in [-0.05, 0) is 104 Å². The summed E-state index contributed by atoms with van der Waals surface area (Å²) in [5.74, 6) is -5.82. The molecule has 0 bridgehead atoms. The van der Waals surface area contributed by atoms with Crippen LogP contribution in [0.1, 0.15) is 104 Å². The molecule has 19 heteroatoms. The molecule has 0 unspecified atom stereocenters. The molecule has 0 aliphatic heterocycles. The van der Waals surface area contributed by atoms with Crippen LogP contribution in [0.4, 0.5) is 4.79 Å². The van der Waals surface area contributed by atoms with Crippen LogP contribution in [0.15, 0.2) is 0 Å². The first-order valence-corrected chi connectivity index (χ1v) is 17.0. The largest absolute Gasteiger partial charge is 0.467 e. The molecule has 0 saturated heterocycles. The molecule has 0 fully saturated rings. The van der Waals surface area contributed by atoms with Crippen molar-refractivity contribution in [2.75, 3.05) is 7.11 Å². The Morgan fingerprint density at radius 3 is 0.906 bits per heavy atom. The predicted molar refractivity (Wildman–Crippen MR) is 193 cm³/mol. The summed E-state index contributed by atoms with van der Waals surface area (Å²) < 4.78 is 9.79. The van der Waals surface area contributed by atoms with Crippen molar-refractivity contribution in [2.45, 2.75) is 156 Å². The lowest BCUT2D eigenvalue weighted by Gasteiger charge is -2.32. The fourth-order valence-electron chi connectivity index (χ4n) is 4.02. The Hall–Kier alpha value is -4.97. The van der Waals surface area contributed by atoms with Gasteiger partial charge in [0.2, 0.25) is 41.4 Å². The Balaban J connectivity index is 5.25. The van der Waals surface area contributed by atoms with Crippen LogP contribution in [0.2, 0.25) is 0 Å². The third kappa shape index (κ3) is 15.7. The molecule has 19 nitrogen and oxygen atoms in total. The zero-order valence-electron chi connectivity index (χ0n) is 33.8. The van der Waals surface area contributed by atoms with E-state index in [1.54, 1.807) is 20.8 Å². The molecule has 0 aliphatic rings. The average Bonchev–Trinajstić information content (AvgIpc) is 2.98. The van der Waals surface area contributed by atoms with Gasteiger partial charge in [-0.25, -0.2) is 9.59 Å². The van der Waals surface area contributed by atoms with Crippen LogP contribution in [0.5, 0.6) is 0 Å². The fraction of sp³-hybridized carbons (Fsp3) is 0.735. The Morgan fingerprint density at radius 2 is 0.660 bits per heavy atom. The highest BCUT2D eigenvalue weighted by atomic mass is 16.6. The maximum absolute atomic E-state index is 13.1. The zero-order chi connectivity index (χ0) is 42.1. The van der Waals surface area contributed by atoms with E-state index < -0.39 is 105 Å². The van der Waals surface area contributed by atoms with E-state index in [1.165, 1.54) is 90.2 Å². The molecule has 0 aromatic heterocycles. The molecule has 0 saturated carbocycles. The lowest BCUT2D eigenvalue weighted by molar-refractivity contribution is -0.149. The van der Waals surface area contributed by atoms with E-state index in [2.05, 4.69) is 47.3 Å². The van der Waals surface area contributed by atoms with E-state index in [9.17, 15) is 43.2 Å². The van der Waals surface area contributed by atoms with Crippen molar-refractivity contribution in [3.05, 3.63) is 0 Å². The highest BCUT2D eigenvalue weighted by Crippen LogP contribution is 2.10. The summed E-state index contributed by atoms with van der Waals surface area (Å²) in [6, 6.07) is -4.53. The van der Waals surface area contributed by atoms with E-state index in [0.717, 1.165) is 0 Å². The van der Waals surface area contributed by atoms with Crippen molar-refractivity contribution in [2.24, 2.45) is 0 Å². The highest BCUT2D eigenvalue weighted by Gasteiger charge is 2.39. The van der Waals surface area contributed by atoms with Gasteiger partial charge in [0.05, 0.1) is 7.11 Å². The van der Waals surface area contributed by atoms with Gasteiger partial charge >= 0.3 is 12.1 Å². The van der Waals surface area contributed by atoms with Crippen LogP contribution in [-0.2, 0) is 47.8 Å². The smallest absolute Gasteiger partial charge is 0.408 e. The van der Waals surface area contributed by atoms with Gasteiger partial charge in [-0.2, -0.15) is 0 Å².